The van der Waals surface area contributed by atoms with Crippen LogP contribution in [0.25, 0.3) is 0 Å². The second kappa shape index (κ2) is 5.45. The average molecular weight is 223 g/mol. The van der Waals surface area contributed by atoms with E-state index >= 15 is 0 Å². The Morgan fingerprint density at radius 1 is 1.07 bits per heavy atom. The standard InChI is InChI=1S/C13H21NS/c1-10-8-12(3)13(9-11(10)2)14(4)6-5-7-15/h8-9,15H,5-7H2,1-4H3. The molecule has 0 aromatic heterocycles. The Morgan fingerprint density at radius 3 is 2.27 bits per heavy atom. The topological polar surface area (TPSA) is 3.24 Å². The van der Waals surface area contributed by atoms with Crippen molar-refractivity contribution in [3.05, 3.63) is 28.8 Å². The normalized spacial score (nSPS) is 10.5. The summed E-state index contributed by atoms with van der Waals surface area (Å²) in [4.78, 5) is 2.32. The molecule has 0 atom stereocenters. The summed E-state index contributed by atoms with van der Waals surface area (Å²) >= 11 is 4.24. The van der Waals surface area contributed by atoms with Gasteiger partial charge >= 0.3 is 0 Å². The quantitative estimate of drug-likeness (QED) is 0.766. The van der Waals surface area contributed by atoms with E-state index in [1.54, 1.807) is 0 Å². The lowest BCUT2D eigenvalue weighted by atomic mass is 10.0. The maximum absolute atomic E-state index is 4.24. The molecule has 0 N–H and O–H groups in total. The number of hydrogen-bond donors (Lipinski definition) is 1. The highest BCUT2D eigenvalue weighted by Crippen LogP contribution is 2.23. The fourth-order valence-corrected chi connectivity index (χ4v) is 1.93. The van der Waals surface area contributed by atoms with Gasteiger partial charge in [0.1, 0.15) is 0 Å². The van der Waals surface area contributed by atoms with Gasteiger partial charge in [-0.2, -0.15) is 12.6 Å². The molecule has 84 valence electrons. The molecule has 0 aliphatic carbocycles. The molecule has 0 aliphatic rings. The summed E-state index contributed by atoms with van der Waals surface area (Å²) in [7, 11) is 2.15. The monoisotopic (exact) mass is 223 g/mol. The lowest BCUT2D eigenvalue weighted by Gasteiger charge is -2.22. The molecule has 2 heteroatoms. The number of benzene rings is 1. The molecule has 0 amide bonds. The molecule has 0 spiro atoms. The summed E-state index contributed by atoms with van der Waals surface area (Å²) < 4.78 is 0. The van der Waals surface area contributed by atoms with Crippen molar-refractivity contribution in [3.63, 3.8) is 0 Å². The van der Waals surface area contributed by atoms with E-state index in [1.165, 1.54) is 22.4 Å². The summed E-state index contributed by atoms with van der Waals surface area (Å²) in [6.45, 7) is 7.59. The third-order valence-corrected chi connectivity index (χ3v) is 3.19. The largest absolute Gasteiger partial charge is 0.374 e. The molecule has 1 aromatic rings. The Labute approximate surface area is 98.9 Å². The van der Waals surface area contributed by atoms with E-state index in [4.69, 9.17) is 0 Å². The molecule has 0 bridgehead atoms. The van der Waals surface area contributed by atoms with Crippen LogP contribution in [0.15, 0.2) is 12.1 Å². The maximum Gasteiger partial charge on any atom is 0.0396 e. The van der Waals surface area contributed by atoms with Crippen molar-refractivity contribution in [2.45, 2.75) is 27.2 Å². The highest BCUT2D eigenvalue weighted by Gasteiger charge is 2.05. The van der Waals surface area contributed by atoms with Crippen LogP contribution in [0.3, 0.4) is 0 Å². The van der Waals surface area contributed by atoms with E-state index in [2.05, 4.69) is 57.5 Å². The average Bonchev–Trinajstić information content (AvgIpc) is 2.20. The second-order valence-electron chi connectivity index (χ2n) is 4.22. The van der Waals surface area contributed by atoms with Gasteiger partial charge < -0.3 is 4.90 Å². The molecular formula is C13H21NS. The molecule has 0 saturated carbocycles. The minimum Gasteiger partial charge on any atom is -0.374 e. The van der Waals surface area contributed by atoms with Gasteiger partial charge in [-0.15, -0.1) is 0 Å². The lowest BCUT2D eigenvalue weighted by Crippen LogP contribution is -2.20. The van der Waals surface area contributed by atoms with E-state index in [0.29, 0.717) is 0 Å². The van der Waals surface area contributed by atoms with Crippen LogP contribution in [0.5, 0.6) is 0 Å². The Morgan fingerprint density at radius 2 is 1.67 bits per heavy atom. The van der Waals surface area contributed by atoms with Crippen LogP contribution in [-0.4, -0.2) is 19.3 Å². The number of aryl methyl sites for hydroxylation is 3. The van der Waals surface area contributed by atoms with Gasteiger partial charge in [-0.3, -0.25) is 0 Å². The first kappa shape index (κ1) is 12.4. The van der Waals surface area contributed by atoms with Gasteiger partial charge in [-0.1, -0.05) is 6.07 Å². The van der Waals surface area contributed by atoms with Crippen molar-refractivity contribution in [1.82, 2.24) is 0 Å². The molecule has 1 rings (SSSR count). The van der Waals surface area contributed by atoms with Gasteiger partial charge in [0.2, 0.25) is 0 Å². The van der Waals surface area contributed by atoms with E-state index in [1.807, 2.05) is 0 Å². The predicted molar refractivity (Wildman–Crippen MR) is 72.4 cm³/mol. The van der Waals surface area contributed by atoms with Crippen molar-refractivity contribution in [2.24, 2.45) is 0 Å². The second-order valence-corrected chi connectivity index (χ2v) is 4.67. The molecule has 0 aliphatic heterocycles. The van der Waals surface area contributed by atoms with Gasteiger partial charge in [-0.25, -0.2) is 0 Å². The SMILES string of the molecule is Cc1cc(C)c(N(C)CCCS)cc1C. The molecule has 0 heterocycles. The van der Waals surface area contributed by atoms with E-state index < -0.39 is 0 Å². The molecule has 15 heavy (non-hydrogen) atoms. The third kappa shape index (κ3) is 3.16. The molecule has 0 radical (unpaired) electrons. The Bertz CT molecular complexity index is 334. The Balaban J connectivity index is 2.88. The summed E-state index contributed by atoms with van der Waals surface area (Å²) in [5.74, 6) is 0.953. The number of hydrogen-bond acceptors (Lipinski definition) is 2. The van der Waals surface area contributed by atoms with Gasteiger partial charge in [0.05, 0.1) is 0 Å². The molecule has 0 saturated heterocycles. The summed E-state index contributed by atoms with van der Waals surface area (Å²) in [6.07, 6.45) is 1.13. The molecule has 1 nitrogen and oxygen atoms in total. The number of thiol groups is 1. The predicted octanol–water partition coefficient (Wildman–Crippen LogP) is 3.37. The van der Waals surface area contributed by atoms with Crippen molar-refractivity contribution >= 4 is 18.3 Å². The fourth-order valence-electron chi connectivity index (χ4n) is 1.78. The molecule has 1 aromatic carbocycles. The van der Waals surface area contributed by atoms with Gasteiger partial charge in [0.25, 0.3) is 0 Å². The van der Waals surface area contributed by atoms with Crippen LogP contribution >= 0.6 is 12.6 Å². The lowest BCUT2D eigenvalue weighted by molar-refractivity contribution is 0.857. The van der Waals surface area contributed by atoms with E-state index in [0.717, 1.165) is 18.7 Å². The zero-order chi connectivity index (χ0) is 11.4. The van der Waals surface area contributed by atoms with Crippen LogP contribution in [0, 0.1) is 20.8 Å². The van der Waals surface area contributed by atoms with Gasteiger partial charge in [-0.05, 0) is 55.7 Å². The maximum atomic E-state index is 4.24. The third-order valence-electron chi connectivity index (χ3n) is 2.88. The molecule has 0 fully saturated rings. The Hall–Kier alpha value is -0.630. The minimum absolute atomic E-state index is 0.953. The van der Waals surface area contributed by atoms with Crippen molar-refractivity contribution in [1.29, 1.82) is 0 Å². The smallest absolute Gasteiger partial charge is 0.0396 e. The number of anilines is 1. The van der Waals surface area contributed by atoms with Crippen LogP contribution in [0.2, 0.25) is 0 Å². The zero-order valence-corrected chi connectivity index (χ0v) is 11.1. The van der Waals surface area contributed by atoms with Crippen molar-refractivity contribution in [3.8, 4) is 0 Å². The summed E-state index contributed by atoms with van der Waals surface area (Å²) in [5.41, 5.74) is 5.45. The van der Waals surface area contributed by atoms with Crippen molar-refractivity contribution in [2.75, 3.05) is 24.2 Å². The fraction of sp³-hybridized carbons (Fsp3) is 0.538. The summed E-state index contributed by atoms with van der Waals surface area (Å²) in [5, 5.41) is 0. The first-order valence-electron chi connectivity index (χ1n) is 5.46. The van der Waals surface area contributed by atoms with Crippen molar-refractivity contribution < 1.29 is 0 Å². The first-order valence-corrected chi connectivity index (χ1v) is 6.09. The van der Waals surface area contributed by atoms with Gasteiger partial charge in [0.15, 0.2) is 0 Å². The van der Waals surface area contributed by atoms with E-state index in [-0.39, 0.29) is 0 Å². The van der Waals surface area contributed by atoms with Crippen LogP contribution < -0.4 is 4.90 Å². The summed E-state index contributed by atoms with van der Waals surface area (Å²) in [6, 6.07) is 4.55. The highest BCUT2D eigenvalue weighted by molar-refractivity contribution is 7.80. The highest BCUT2D eigenvalue weighted by atomic mass is 32.1. The van der Waals surface area contributed by atoms with Crippen LogP contribution in [0.4, 0.5) is 5.69 Å². The number of rotatable bonds is 4. The Kier molecular flexibility index (Phi) is 4.52. The van der Waals surface area contributed by atoms with E-state index in [9.17, 15) is 0 Å². The minimum atomic E-state index is 0.953. The first-order chi connectivity index (χ1) is 7.06. The zero-order valence-electron chi connectivity index (χ0n) is 10.2. The molecule has 0 unspecified atom stereocenters. The van der Waals surface area contributed by atoms with Crippen LogP contribution in [-0.2, 0) is 0 Å². The number of nitrogens with zero attached hydrogens (tertiary/aromatic N) is 1. The van der Waals surface area contributed by atoms with Crippen LogP contribution in [0.1, 0.15) is 23.1 Å². The van der Waals surface area contributed by atoms with Gasteiger partial charge in [0, 0.05) is 19.3 Å². The molecular weight excluding hydrogens is 202 g/mol.